The zero-order chi connectivity index (χ0) is 20.2. The number of ketones is 1. The van der Waals surface area contributed by atoms with Crippen LogP contribution in [-0.4, -0.2) is 25.5 Å². The molecule has 6 nitrogen and oxygen atoms in total. The number of aromatic nitrogens is 4. The number of hydrogen-bond acceptors (Lipinski definition) is 5. The molecule has 0 spiro atoms. The molecule has 1 unspecified atom stereocenters. The number of hydrogen-bond donors (Lipinski definition) is 1. The normalized spacial score (nSPS) is 20.1. The summed E-state index contributed by atoms with van der Waals surface area (Å²) in [6.45, 7) is 6.32. The Labute approximate surface area is 169 Å². The highest BCUT2D eigenvalue weighted by Crippen LogP contribution is 2.45. The quantitative estimate of drug-likeness (QED) is 0.712. The minimum Gasteiger partial charge on any atom is -0.328 e. The molecule has 1 N–H and O–H groups in total. The Kier molecular flexibility index (Phi) is 3.91. The molecule has 0 fully saturated rings. The molecule has 146 valence electrons. The van der Waals surface area contributed by atoms with Crippen molar-refractivity contribution < 1.29 is 4.79 Å². The topological polar surface area (TPSA) is 72.7 Å². The molecule has 1 aromatic carbocycles. The first kappa shape index (κ1) is 17.8. The molecule has 6 heteroatoms. The van der Waals surface area contributed by atoms with Crippen LogP contribution in [0, 0.1) is 12.3 Å². The molecule has 3 aromatic rings. The summed E-state index contributed by atoms with van der Waals surface area (Å²) in [5.74, 6) is 1.51. The van der Waals surface area contributed by atoms with Gasteiger partial charge in [0, 0.05) is 35.6 Å². The molecular weight excluding hydrogens is 362 g/mol. The molecule has 0 saturated carbocycles. The van der Waals surface area contributed by atoms with Gasteiger partial charge in [0.15, 0.2) is 11.6 Å². The van der Waals surface area contributed by atoms with Crippen LogP contribution in [0.3, 0.4) is 0 Å². The summed E-state index contributed by atoms with van der Waals surface area (Å²) in [5, 5.41) is 8.26. The third-order valence-electron chi connectivity index (χ3n) is 5.74. The van der Waals surface area contributed by atoms with Crippen LogP contribution in [0.2, 0.25) is 0 Å². The van der Waals surface area contributed by atoms with Crippen LogP contribution < -0.4 is 5.32 Å². The molecule has 3 heterocycles. The summed E-state index contributed by atoms with van der Waals surface area (Å²) in [5.41, 5.74) is 4.78. The van der Waals surface area contributed by atoms with Gasteiger partial charge in [-0.1, -0.05) is 38.1 Å². The Bertz CT molecular complexity index is 1140. The van der Waals surface area contributed by atoms with Crippen LogP contribution in [-0.2, 0) is 4.79 Å². The standard InChI is InChI=1S/C23H23N5O/c1-14-6-4-5-7-16(14)21-26-22-25-17-12-23(2,3)13-18(29)19(17)20(28(22)27-21)15-8-10-24-11-9-15/h4-11,20H,12-13H2,1-3H3,(H,25,26,27). The minimum absolute atomic E-state index is 0.0766. The van der Waals surface area contributed by atoms with E-state index in [2.05, 4.69) is 37.1 Å². The van der Waals surface area contributed by atoms with E-state index in [1.807, 2.05) is 35.0 Å². The van der Waals surface area contributed by atoms with Crippen LogP contribution in [0.5, 0.6) is 0 Å². The van der Waals surface area contributed by atoms with Gasteiger partial charge >= 0.3 is 0 Å². The van der Waals surface area contributed by atoms with Gasteiger partial charge < -0.3 is 5.32 Å². The van der Waals surface area contributed by atoms with Crippen molar-refractivity contribution in [1.29, 1.82) is 0 Å². The van der Waals surface area contributed by atoms with Crippen molar-refractivity contribution in [3.63, 3.8) is 0 Å². The summed E-state index contributed by atoms with van der Waals surface area (Å²) >= 11 is 0. The second kappa shape index (κ2) is 6.37. The number of pyridine rings is 1. The van der Waals surface area contributed by atoms with Gasteiger partial charge in [0.1, 0.15) is 6.04 Å². The number of aryl methyl sites for hydroxylation is 1. The highest BCUT2D eigenvalue weighted by atomic mass is 16.1. The number of anilines is 1. The van der Waals surface area contributed by atoms with E-state index >= 15 is 0 Å². The van der Waals surface area contributed by atoms with Gasteiger partial charge in [-0.3, -0.25) is 9.78 Å². The molecule has 0 radical (unpaired) electrons. The van der Waals surface area contributed by atoms with Gasteiger partial charge in [-0.05, 0) is 42.0 Å². The van der Waals surface area contributed by atoms with Gasteiger partial charge in [-0.2, -0.15) is 4.98 Å². The maximum absolute atomic E-state index is 13.2. The number of allylic oxidation sites excluding steroid dienone is 2. The van der Waals surface area contributed by atoms with Crippen molar-refractivity contribution in [3.8, 4) is 11.4 Å². The van der Waals surface area contributed by atoms with Crippen LogP contribution in [0.1, 0.15) is 43.9 Å². The average molecular weight is 385 g/mol. The Morgan fingerprint density at radius 2 is 1.86 bits per heavy atom. The SMILES string of the molecule is Cc1ccccc1-c1nc2n(n1)C(c1ccncc1)C1=C(CC(C)(C)CC1=O)N2. The van der Waals surface area contributed by atoms with E-state index in [-0.39, 0.29) is 17.2 Å². The van der Waals surface area contributed by atoms with E-state index < -0.39 is 0 Å². The molecule has 0 bridgehead atoms. The maximum atomic E-state index is 13.2. The number of carbonyl (C=O) groups excluding carboxylic acids is 1. The average Bonchev–Trinajstić information content (AvgIpc) is 3.09. The summed E-state index contributed by atoms with van der Waals surface area (Å²) in [4.78, 5) is 22.1. The fourth-order valence-electron chi connectivity index (χ4n) is 4.40. The molecule has 2 aromatic heterocycles. The minimum atomic E-state index is -0.293. The van der Waals surface area contributed by atoms with E-state index in [4.69, 9.17) is 10.1 Å². The van der Waals surface area contributed by atoms with E-state index in [0.29, 0.717) is 18.2 Å². The van der Waals surface area contributed by atoms with Crippen LogP contribution >= 0.6 is 0 Å². The highest BCUT2D eigenvalue weighted by molar-refractivity contribution is 6.00. The number of rotatable bonds is 2. The molecule has 1 atom stereocenters. The van der Waals surface area contributed by atoms with E-state index in [9.17, 15) is 4.79 Å². The molecule has 1 aliphatic heterocycles. The van der Waals surface area contributed by atoms with E-state index in [1.165, 1.54) is 0 Å². The summed E-state index contributed by atoms with van der Waals surface area (Å²) in [6, 6.07) is 11.7. The third kappa shape index (κ3) is 2.95. The lowest BCUT2D eigenvalue weighted by Gasteiger charge is -2.38. The van der Waals surface area contributed by atoms with Crippen LogP contribution in [0.4, 0.5) is 5.95 Å². The maximum Gasteiger partial charge on any atom is 0.226 e. The Hall–Kier alpha value is -3.28. The second-order valence-electron chi connectivity index (χ2n) is 8.66. The van der Waals surface area contributed by atoms with Crippen molar-refractivity contribution in [1.82, 2.24) is 19.7 Å². The number of carbonyl (C=O) groups is 1. The predicted molar refractivity (Wildman–Crippen MR) is 111 cm³/mol. The molecule has 0 amide bonds. The fraction of sp³-hybridized carbons (Fsp3) is 0.304. The highest BCUT2D eigenvalue weighted by Gasteiger charge is 2.41. The molecule has 5 rings (SSSR count). The largest absolute Gasteiger partial charge is 0.328 e. The molecule has 2 aliphatic rings. The number of Topliss-reactive ketones (excluding diaryl/α,β-unsaturated/α-hetero) is 1. The lowest BCUT2D eigenvalue weighted by atomic mass is 9.73. The lowest BCUT2D eigenvalue weighted by Crippen LogP contribution is -2.36. The van der Waals surface area contributed by atoms with Crippen molar-refractivity contribution in [3.05, 3.63) is 71.2 Å². The van der Waals surface area contributed by atoms with Crippen molar-refractivity contribution >= 4 is 11.7 Å². The number of nitrogens with zero attached hydrogens (tertiary/aromatic N) is 4. The van der Waals surface area contributed by atoms with E-state index in [0.717, 1.165) is 34.4 Å². The first-order valence-electron chi connectivity index (χ1n) is 9.89. The molecule has 0 saturated heterocycles. The van der Waals surface area contributed by atoms with Gasteiger partial charge in [0.05, 0.1) is 0 Å². The second-order valence-corrected chi connectivity index (χ2v) is 8.66. The zero-order valence-electron chi connectivity index (χ0n) is 16.8. The Balaban J connectivity index is 1.70. The first-order valence-corrected chi connectivity index (χ1v) is 9.89. The van der Waals surface area contributed by atoms with Crippen molar-refractivity contribution in [2.24, 2.45) is 5.41 Å². The molecule has 1 aliphatic carbocycles. The monoisotopic (exact) mass is 385 g/mol. The van der Waals surface area contributed by atoms with Crippen LogP contribution in [0.25, 0.3) is 11.4 Å². The number of fused-ring (bicyclic) bond motifs is 1. The van der Waals surface area contributed by atoms with Gasteiger partial charge in [0.25, 0.3) is 0 Å². The van der Waals surface area contributed by atoms with E-state index in [1.54, 1.807) is 12.4 Å². The van der Waals surface area contributed by atoms with Gasteiger partial charge in [-0.15, -0.1) is 5.10 Å². The summed E-state index contributed by atoms with van der Waals surface area (Å²) < 4.78 is 1.85. The summed E-state index contributed by atoms with van der Waals surface area (Å²) in [7, 11) is 0. The molecular formula is C23H23N5O. The van der Waals surface area contributed by atoms with Crippen molar-refractivity contribution in [2.45, 2.75) is 39.7 Å². The zero-order valence-corrected chi connectivity index (χ0v) is 16.8. The van der Waals surface area contributed by atoms with Gasteiger partial charge in [-0.25, -0.2) is 4.68 Å². The number of nitrogens with one attached hydrogen (secondary N) is 1. The predicted octanol–water partition coefficient (Wildman–Crippen LogP) is 4.31. The third-order valence-corrected chi connectivity index (χ3v) is 5.74. The Morgan fingerprint density at radius 1 is 1.10 bits per heavy atom. The molecule has 29 heavy (non-hydrogen) atoms. The summed E-state index contributed by atoms with van der Waals surface area (Å²) in [6.07, 6.45) is 4.85. The first-order chi connectivity index (χ1) is 13.9. The Morgan fingerprint density at radius 3 is 2.62 bits per heavy atom. The smallest absolute Gasteiger partial charge is 0.226 e. The van der Waals surface area contributed by atoms with Gasteiger partial charge in [0.2, 0.25) is 5.95 Å². The van der Waals surface area contributed by atoms with Crippen LogP contribution in [0.15, 0.2) is 60.1 Å². The fourth-order valence-corrected chi connectivity index (χ4v) is 4.40. The number of benzene rings is 1. The van der Waals surface area contributed by atoms with Crippen molar-refractivity contribution in [2.75, 3.05) is 5.32 Å². The lowest BCUT2D eigenvalue weighted by molar-refractivity contribution is -0.118.